The Balaban J connectivity index is 1.37. The van der Waals surface area contributed by atoms with Crippen LogP contribution in [0.2, 0.25) is 10.0 Å². The van der Waals surface area contributed by atoms with E-state index in [1.807, 2.05) is 50.2 Å². The van der Waals surface area contributed by atoms with Gasteiger partial charge in [-0.3, -0.25) is 4.79 Å². The van der Waals surface area contributed by atoms with E-state index in [0.717, 1.165) is 46.4 Å². The molecule has 0 fully saturated rings. The third-order valence-corrected chi connectivity index (χ3v) is 7.50. The number of carbonyl (C=O) groups is 1. The first-order valence-electron chi connectivity index (χ1n) is 12.3. The number of hydrogen-bond donors (Lipinski definition) is 1. The summed E-state index contributed by atoms with van der Waals surface area (Å²) in [5, 5.41) is 14.8. The molecule has 0 radical (unpaired) electrons. The maximum Gasteiger partial charge on any atom is 0.310 e. The zero-order valence-corrected chi connectivity index (χ0v) is 22.1. The fourth-order valence-electron chi connectivity index (χ4n) is 4.99. The van der Waals surface area contributed by atoms with Crippen molar-refractivity contribution in [2.24, 2.45) is 0 Å². The van der Waals surface area contributed by atoms with Gasteiger partial charge in [0.2, 0.25) is 0 Å². The van der Waals surface area contributed by atoms with Crippen LogP contribution in [0.15, 0.2) is 65.2 Å². The second kappa shape index (κ2) is 10.6. The molecule has 0 bridgehead atoms. The first-order chi connectivity index (χ1) is 17.8. The van der Waals surface area contributed by atoms with Gasteiger partial charge in [-0.05, 0) is 65.8 Å². The van der Waals surface area contributed by atoms with Crippen LogP contribution in [0.3, 0.4) is 0 Å². The highest BCUT2D eigenvalue weighted by Gasteiger charge is 2.26. The number of benzene rings is 3. The number of hydrogen-bond acceptors (Lipinski definition) is 4. The van der Waals surface area contributed by atoms with Gasteiger partial charge in [-0.1, -0.05) is 78.6 Å². The van der Waals surface area contributed by atoms with Crippen LogP contribution < -0.4 is 4.74 Å². The number of carboxylic acids is 1. The lowest BCUT2D eigenvalue weighted by atomic mass is 9.81. The molecule has 0 amide bonds. The zero-order valence-electron chi connectivity index (χ0n) is 20.6. The van der Waals surface area contributed by atoms with E-state index in [1.54, 1.807) is 18.2 Å². The Bertz CT molecular complexity index is 1420. The summed E-state index contributed by atoms with van der Waals surface area (Å²) in [7, 11) is 0. The minimum absolute atomic E-state index is 0.105. The standard InChI is InChI=1S/C30H27Cl2NO4/c1-17(2)29-24(28(33-37-29)27-25(31)7-4-8-26(27)32)16-36-21-12-9-18(10-13-21)19-11-14-22-20(15-19)5-3-6-23(22)30(34)35/h4,7-15,17,23H,3,5-6,16H2,1-2H3,(H,34,35). The number of rotatable bonds is 7. The first-order valence-corrected chi connectivity index (χ1v) is 13.1. The zero-order chi connectivity index (χ0) is 26.1. The smallest absolute Gasteiger partial charge is 0.310 e. The van der Waals surface area contributed by atoms with Gasteiger partial charge in [-0.2, -0.15) is 0 Å². The van der Waals surface area contributed by atoms with Crippen molar-refractivity contribution < 1.29 is 19.2 Å². The van der Waals surface area contributed by atoms with Gasteiger partial charge in [0.15, 0.2) is 0 Å². The first kappa shape index (κ1) is 25.4. The van der Waals surface area contributed by atoms with Crippen molar-refractivity contribution >= 4 is 29.2 Å². The van der Waals surface area contributed by atoms with E-state index in [0.29, 0.717) is 33.5 Å². The third-order valence-electron chi connectivity index (χ3n) is 6.87. The van der Waals surface area contributed by atoms with Gasteiger partial charge in [0.05, 0.1) is 21.5 Å². The van der Waals surface area contributed by atoms with Crippen molar-refractivity contribution in [3.63, 3.8) is 0 Å². The minimum Gasteiger partial charge on any atom is -0.489 e. The summed E-state index contributed by atoms with van der Waals surface area (Å²) in [4.78, 5) is 11.6. The molecule has 0 saturated carbocycles. The van der Waals surface area contributed by atoms with Crippen molar-refractivity contribution in [2.45, 2.75) is 51.6 Å². The molecule has 5 rings (SSSR count). The van der Waals surface area contributed by atoms with E-state index in [-0.39, 0.29) is 12.5 Å². The lowest BCUT2D eigenvalue weighted by Gasteiger charge is -2.23. The van der Waals surface area contributed by atoms with Crippen LogP contribution >= 0.6 is 23.2 Å². The third kappa shape index (κ3) is 5.11. The summed E-state index contributed by atoms with van der Waals surface area (Å²) < 4.78 is 11.8. The molecule has 0 aliphatic heterocycles. The van der Waals surface area contributed by atoms with Crippen molar-refractivity contribution in [2.75, 3.05) is 0 Å². The largest absolute Gasteiger partial charge is 0.489 e. The Kier molecular flexibility index (Phi) is 7.27. The number of fused-ring (bicyclic) bond motifs is 1. The van der Waals surface area contributed by atoms with Gasteiger partial charge in [-0.15, -0.1) is 0 Å². The normalized spacial score (nSPS) is 15.0. The molecule has 1 N–H and O–H groups in total. The SMILES string of the molecule is CC(C)c1onc(-c2c(Cl)cccc2Cl)c1COc1ccc(-c2ccc3c(c2)CCCC3C(=O)O)cc1. The van der Waals surface area contributed by atoms with E-state index >= 15 is 0 Å². The Morgan fingerprint density at radius 3 is 2.46 bits per heavy atom. The van der Waals surface area contributed by atoms with E-state index in [2.05, 4.69) is 11.2 Å². The topological polar surface area (TPSA) is 72.6 Å². The Morgan fingerprint density at radius 2 is 1.78 bits per heavy atom. The van der Waals surface area contributed by atoms with Gasteiger partial charge in [-0.25, -0.2) is 0 Å². The lowest BCUT2D eigenvalue weighted by Crippen LogP contribution is -2.17. The quantitative estimate of drug-likeness (QED) is 0.256. The van der Waals surface area contributed by atoms with Crippen molar-refractivity contribution in [1.29, 1.82) is 0 Å². The van der Waals surface area contributed by atoms with Crippen LogP contribution in [0.5, 0.6) is 5.75 Å². The van der Waals surface area contributed by atoms with Gasteiger partial charge >= 0.3 is 5.97 Å². The molecule has 190 valence electrons. The molecule has 37 heavy (non-hydrogen) atoms. The van der Waals surface area contributed by atoms with E-state index in [4.69, 9.17) is 32.5 Å². The molecule has 1 heterocycles. The Labute approximate surface area is 226 Å². The predicted molar refractivity (Wildman–Crippen MR) is 146 cm³/mol. The fraction of sp³-hybridized carbons (Fsp3) is 0.267. The molecule has 3 aromatic carbocycles. The second-order valence-electron chi connectivity index (χ2n) is 9.64. The Morgan fingerprint density at radius 1 is 1.08 bits per heavy atom. The Hall–Kier alpha value is -3.28. The molecule has 1 atom stereocenters. The summed E-state index contributed by atoms with van der Waals surface area (Å²) in [6.07, 6.45) is 2.49. The van der Waals surface area contributed by atoms with Crippen LogP contribution in [0.1, 0.15) is 61.0 Å². The summed E-state index contributed by atoms with van der Waals surface area (Å²) in [6, 6.07) is 19.3. The monoisotopic (exact) mass is 535 g/mol. The average Bonchev–Trinajstić information content (AvgIpc) is 3.30. The number of aryl methyl sites for hydroxylation is 1. The molecule has 0 saturated heterocycles. The maximum absolute atomic E-state index is 11.6. The van der Waals surface area contributed by atoms with Crippen molar-refractivity contribution in [3.05, 3.63) is 93.2 Å². The van der Waals surface area contributed by atoms with Gasteiger partial charge < -0.3 is 14.4 Å². The molecule has 1 aliphatic rings. The molecular formula is C30H27Cl2NO4. The number of aromatic nitrogens is 1. The molecular weight excluding hydrogens is 509 g/mol. The molecule has 1 aromatic heterocycles. The fourth-order valence-corrected chi connectivity index (χ4v) is 5.56. The number of nitrogens with zero attached hydrogens (tertiary/aromatic N) is 1. The minimum atomic E-state index is -0.747. The van der Waals surface area contributed by atoms with Crippen LogP contribution in [0.25, 0.3) is 22.4 Å². The summed E-state index contributed by atoms with van der Waals surface area (Å²) >= 11 is 12.9. The number of aliphatic carboxylic acids is 1. The lowest BCUT2D eigenvalue weighted by molar-refractivity contribution is -0.139. The molecule has 0 spiro atoms. The summed E-state index contributed by atoms with van der Waals surface area (Å²) in [6.45, 7) is 4.32. The molecule has 4 aromatic rings. The van der Waals surface area contributed by atoms with Crippen LogP contribution in [-0.2, 0) is 17.8 Å². The summed E-state index contributed by atoms with van der Waals surface area (Å²) in [5.74, 6) is 0.389. The van der Waals surface area contributed by atoms with Gasteiger partial charge in [0.25, 0.3) is 0 Å². The van der Waals surface area contributed by atoms with E-state index < -0.39 is 11.9 Å². The van der Waals surface area contributed by atoms with Crippen LogP contribution in [-0.4, -0.2) is 16.2 Å². The van der Waals surface area contributed by atoms with Crippen molar-refractivity contribution in [1.82, 2.24) is 5.16 Å². The maximum atomic E-state index is 11.6. The molecule has 7 heteroatoms. The van der Waals surface area contributed by atoms with Crippen LogP contribution in [0.4, 0.5) is 0 Å². The average molecular weight is 536 g/mol. The highest BCUT2D eigenvalue weighted by molar-refractivity contribution is 6.39. The highest BCUT2D eigenvalue weighted by Crippen LogP contribution is 2.39. The number of ether oxygens (including phenoxy) is 1. The second-order valence-corrected chi connectivity index (χ2v) is 10.4. The molecule has 5 nitrogen and oxygen atoms in total. The van der Waals surface area contributed by atoms with E-state index in [1.165, 1.54) is 0 Å². The highest BCUT2D eigenvalue weighted by atomic mass is 35.5. The van der Waals surface area contributed by atoms with Gasteiger partial charge in [0.1, 0.15) is 23.8 Å². The molecule has 1 unspecified atom stereocenters. The predicted octanol–water partition coefficient (Wildman–Crippen LogP) is 8.52. The van der Waals surface area contributed by atoms with Gasteiger partial charge in [0, 0.05) is 11.5 Å². The van der Waals surface area contributed by atoms with E-state index in [9.17, 15) is 9.90 Å². The van der Waals surface area contributed by atoms with Crippen molar-refractivity contribution in [3.8, 4) is 28.1 Å². The number of halogens is 2. The molecule has 1 aliphatic carbocycles. The van der Waals surface area contributed by atoms with Crippen LogP contribution in [0, 0.1) is 0 Å². The summed E-state index contributed by atoms with van der Waals surface area (Å²) in [5.41, 5.74) is 6.20. The number of carboxylic acid groups (broad SMARTS) is 1.